The number of hydrogen-bond acceptors (Lipinski definition) is 7. The van der Waals surface area contributed by atoms with Gasteiger partial charge in [-0.25, -0.2) is 14.5 Å². The Morgan fingerprint density at radius 2 is 1.69 bits per heavy atom. The molecule has 0 saturated carbocycles. The van der Waals surface area contributed by atoms with E-state index in [9.17, 15) is 24.3 Å². The quantitative estimate of drug-likeness (QED) is 0.525. The van der Waals surface area contributed by atoms with Crippen molar-refractivity contribution in [3.8, 4) is 11.5 Å². The first-order valence-corrected chi connectivity index (χ1v) is 12.4. The van der Waals surface area contributed by atoms with Crippen LogP contribution in [0.1, 0.15) is 24.8 Å². The number of imide groups is 1. The van der Waals surface area contributed by atoms with Crippen LogP contribution in [0.4, 0.5) is 4.79 Å². The first-order valence-electron chi connectivity index (χ1n) is 12.4. The highest BCUT2D eigenvalue weighted by molar-refractivity contribution is 6.07. The molecule has 3 heterocycles. The molecular weight excluding hydrogens is 468 g/mol. The molecule has 0 unspecified atom stereocenters. The van der Waals surface area contributed by atoms with Crippen molar-refractivity contribution in [2.45, 2.75) is 31.7 Å². The van der Waals surface area contributed by atoms with Crippen LogP contribution in [-0.4, -0.2) is 103 Å². The minimum atomic E-state index is -1.15. The second-order valence-corrected chi connectivity index (χ2v) is 9.53. The van der Waals surface area contributed by atoms with E-state index in [0.29, 0.717) is 36.6 Å². The third-order valence-electron chi connectivity index (χ3n) is 7.45. The lowest BCUT2D eigenvalue weighted by Gasteiger charge is -2.47. The molecule has 4 amide bonds. The van der Waals surface area contributed by atoms with Crippen LogP contribution in [0.15, 0.2) is 18.2 Å². The predicted molar refractivity (Wildman–Crippen MR) is 129 cm³/mol. The maximum atomic E-state index is 13.1. The van der Waals surface area contributed by atoms with Crippen molar-refractivity contribution in [3.05, 3.63) is 23.8 Å². The van der Waals surface area contributed by atoms with Gasteiger partial charge in [0.05, 0.1) is 26.6 Å². The first-order chi connectivity index (χ1) is 17.3. The van der Waals surface area contributed by atoms with Gasteiger partial charge in [-0.2, -0.15) is 0 Å². The number of carboxylic acids is 1. The van der Waals surface area contributed by atoms with E-state index in [2.05, 4.69) is 5.32 Å². The van der Waals surface area contributed by atoms with E-state index in [-0.39, 0.29) is 31.3 Å². The number of amides is 4. The lowest BCUT2D eigenvalue weighted by atomic mass is 9.78. The van der Waals surface area contributed by atoms with Gasteiger partial charge in [0.2, 0.25) is 11.8 Å². The molecule has 36 heavy (non-hydrogen) atoms. The highest BCUT2D eigenvalue weighted by Crippen LogP contribution is 2.36. The molecule has 0 aliphatic carbocycles. The number of rotatable bonds is 7. The van der Waals surface area contributed by atoms with Gasteiger partial charge in [0.25, 0.3) is 0 Å². The molecule has 0 radical (unpaired) electrons. The van der Waals surface area contributed by atoms with Crippen molar-refractivity contribution in [1.29, 1.82) is 0 Å². The number of piperidine rings is 1. The molecule has 196 valence electrons. The number of ether oxygens (including phenoxy) is 2. The molecule has 2 N–H and O–H groups in total. The molecule has 1 aromatic carbocycles. The van der Waals surface area contributed by atoms with E-state index in [4.69, 9.17) is 9.47 Å². The van der Waals surface area contributed by atoms with Gasteiger partial charge in [-0.3, -0.25) is 9.59 Å². The largest absolute Gasteiger partial charge is 0.497 e. The molecular formula is C25H34N4O7. The van der Waals surface area contributed by atoms with Crippen LogP contribution >= 0.6 is 0 Å². The molecule has 3 aliphatic heterocycles. The Bertz CT molecular complexity index is 1000. The highest BCUT2D eigenvalue weighted by atomic mass is 16.5. The van der Waals surface area contributed by atoms with Crippen LogP contribution in [0.25, 0.3) is 0 Å². The number of carboxylic acid groups (broad SMARTS) is 1. The van der Waals surface area contributed by atoms with Gasteiger partial charge in [-0.05, 0) is 56.5 Å². The minimum absolute atomic E-state index is 0.112. The molecule has 3 aliphatic rings. The van der Waals surface area contributed by atoms with Gasteiger partial charge in [-0.1, -0.05) is 0 Å². The van der Waals surface area contributed by atoms with Gasteiger partial charge in [0.1, 0.15) is 11.5 Å². The Morgan fingerprint density at radius 1 is 1.03 bits per heavy atom. The molecule has 0 spiro atoms. The third kappa shape index (κ3) is 5.25. The van der Waals surface area contributed by atoms with Gasteiger partial charge in [0, 0.05) is 31.7 Å². The van der Waals surface area contributed by atoms with Gasteiger partial charge in [0.15, 0.2) is 6.04 Å². The monoisotopic (exact) mass is 502 g/mol. The van der Waals surface area contributed by atoms with Crippen LogP contribution in [0, 0.1) is 11.8 Å². The Hall–Kier alpha value is -3.34. The number of methoxy groups -OCH3 is 2. The van der Waals surface area contributed by atoms with Gasteiger partial charge in [-0.15, -0.1) is 0 Å². The van der Waals surface area contributed by atoms with Crippen molar-refractivity contribution >= 4 is 23.8 Å². The third-order valence-corrected chi connectivity index (χ3v) is 7.45. The van der Waals surface area contributed by atoms with Gasteiger partial charge >= 0.3 is 12.0 Å². The Kier molecular flexibility index (Phi) is 7.97. The van der Waals surface area contributed by atoms with Crippen molar-refractivity contribution in [2.75, 3.05) is 53.5 Å². The molecule has 11 heteroatoms. The van der Waals surface area contributed by atoms with E-state index >= 15 is 0 Å². The lowest BCUT2D eigenvalue weighted by molar-refractivity contribution is -0.167. The average molecular weight is 503 g/mol. The van der Waals surface area contributed by atoms with Crippen LogP contribution in [0.5, 0.6) is 11.5 Å². The van der Waals surface area contributed by atoms with Crippen LogP contribution < -0.4 is 14.8 Å². The average Bonchev–Trinajstić information content (AvgIpc) is 2.90. The zero-order chi connectivity index (χ0) is 25.8. The summed E-state index contributed by atoms with van der Waals surface area (Å²) in [5.41, 5.74) is 0.704. The second-order valence-electron chi connectivity index (χ2n) is 9.53. The molecule has 0 aromatic heterocycles. The summed E-state index contributed by atoms with van der Waals surface area (Å²) in [5, 5.41) is 13.0. The number of carbonyl (C=O) groups excluding carboxylic acids is 3. The molecule has 3 saturated heterocycles. The molecule has 2 atom stereocenters. The zero-order valence-corrected chi connectivity index (χ0v) is 20.8. The molecule has 3 fully saturated rings. The van der Waals surface area contributed by atoms with E-state index in [1.165, 1.54) is 4.90 Å². The standard InChI is InChI=1S/C25H34N4O7/c1-35-18-3-4-20(36-2)17(14-18)15-21(30)27-9-11-28(12-10-27)25(34)29-22(24(32)33)19(23(29)31)13-16-5-7-26-8-6-16/h3-4,14,16,19,22,26H,5-13,15H2,1-2H3,(H,32,33)/t19-,22+/m1/s1. The maximum absolute atomic E-state index is 13.1. The van der Waals surface area contributed by atoms with E-state index < -0.39 is 29.9 Å². The number of piperazine rings is 1. The number of β-lactam (4-membered cyclic amide) rings is 1. The highest BCUT2D eigenvalue weighted by Gasteiger charge is 2.56. The molecule has 4 rings (SSSR count). The maximum Gasteiger partial charge on any atom is 0.327 e. The number of hydrogen-bond donors (Lipinski definition) is 2. The van der Waals surface area contributed by atoms with Crippen molar-refractivity contribution < 1.29 is 33.8 Å². The molecule has 11 nitrogen and oxygen atoms in total. The second kappa shape index (κ2) is 11.2. The predicted octanol–water partition coefficient (Wildman–Crippen LogP) is 0.812. The summed E-state index contributed by atoms with van der Waals surface area (Å²) in [7, 11) is 3.09. The fourth-order valence-electron chi connectivity index (χ4n) is 5.34. The Balaban J connectivity index is 1.33. The summed E-state index contributed by atoms with van der Waals surface area (Å²) >= 11 is 0. The lowest BCUT2D eigenvalue weighted by Crippen LogP contribution is -2.69. The van der Waals surface area contributed by atoms with E-state index in [1.54, 1.807) is 37.3 Å². The number of urea groups is 1. The SMILES string of the molecule is COc1ccc(OC)c(CC(=O)N2CCN(C(=O)N3C(=O)[C@H](CC4CCNCC4)[C@H]3C(=O)O)CC2)c1. The van der Waals surface area contributed by atoms with Crippen LogP contribution in [-0.2, 0) is 20.8 Å². The van der Waals surface area contributed by atoms with Crippen molar-refractivity contribution in [1.82, 2.24) is 20.0 Å². The topological polar surface area (TPSA) is 129 Å². The number of benzene rings is 1. The number of aliphatic carboxylic acids is 1. The zero-order valence-electron chi connectivity index (χ0n) is 20.8. The number of likely N-dealkylation sites (tertiary alicyclic amines) is 1. The van der Waals surface area contributed by atoms with Crippen molar-refractivity contribution in [3.63, 3.8) is 0 Å². The fourth-order valence-corrected chi connectivity index (χ4v) is 5.34. The van der Waals surface area contributed by atoms with Gasteiger partial charge < -0.3 is 29.7 Å². The summed E-state index contributed by atoms with van der Waals surface area (Å²) in [4.78, 5) is 54.8. The number of carbonyl (C=O) groups is 4. The summed E-state index contributed by atoms with van der Waals surface area (Å²) in [6, 6.07) is 3.56. The smallest absolute Gasteiger partial charge is 0.327 e. The summed E-state index contributed by atoms with van der Waals surface area (Å²) in [6.45, 7) is 2.78. The van der Waals surface area contributed by atoms with Crippen LogP contribution in [0.2, 0.25) is 0 Å². The summed E-state index contributed by atoms with van der Waals surface area (Å²) in [5.74, 6) is -0.823. The Labute approximate surface area is 210 Å². The number of nitrogens with zero attached hydrogens (tertiary/aromatic N) is 3. The molecule has 0 bridgehead atoms. The first kappa shape index (κ1) is 25.7. The van der Waals surface area contributed by atoms with Crippen LogP contribution in [0.3, 0.4) is 0 Å². The Morgan fingerprint density at radius 3 is 2.31 bits per heavy atom. The van der Waals surface area contributed by atoms with E-state index in [0.717, 1.165) is 30.8 Å². The summed E-state index contributed by atoms with van der Waals surface area (Å²) < 4.78 is 10.6. The normalized spacial score (nSPS) is 22.7. The minimum Gasteiger partial charge on any atom is -0.497 e. The summed E-state index contributed by atoms with van der Waals surface area (Å²) in [6.07, 6.45) is 2.43. The molecule has 1 aromatic rings. The fraction of sp³-hybridized carbons (Fsp3) is 0.600. The van der Waals surface area contributed by atoms with E-state index in [1.807, 2.05) is 0 Å². The van der Waals surface area contributed by atoms with Crippen molar-refractivity contribution in [2.24, 2.45) is 11.8 Å². The number of nitrogens with one attached hydrogen (secondary N) is 1.